The fourth-order valence-electron chi connectivity index (χ4n) is 1.70. The Kier molecular flexibility index (Phi) is 6.32. The van der Waals surface area contributed by atoms with Gasteiger partial charge in [-0.1, -0.05) is 12.1 Å². The number of carboxylic acids is 1. The fourth-order valence-corrected chi connectivity index (χ4v) is 2.28. The normalized spacial score (nSPS) is 12.5. The first-order valence-electron chi connectivity index (χ1n) is 6.34. The third kappa shape index (κ3) is 5.70. The van der Waals surface area contributed by atoms with Crippen molar-refractivity contribution in [3.8, 4) is 0 Å². The molecule has 1 aromatic carbocycles. The van der Waals surface area contributed by atoms with Gasteiger partial charge in [-0.25, -0.2) is 13.2 Å². The van der Waals surface area contributed by atoms with Crippen molar-refractivity contribution < 1.29 is 27.9 Å². The first kappa shape index (κ1) is 17.9. The van der Waals surface area contributed by atoms with Crippen LogP contribution in [0, 0.1) is 0 Å². The predicted octanol–water partition coefficient (Wildman–Crippen LogP) is 0.278. The number of methoxy groups -OCH3 is 1. The van der Waals surface area contributed by atoms with Crippen molar-refractivity contribution in [1.82, 2.24) is 5.32 Å². The van der Waals surface area contributed by atoms with Crippen molar-refractivity contribution in [3.63, 3.8) is 0 Å². The number of carbonyl (C=O) groups excluding carboxylic acids is 1. The molecule has 0 radical (unpaired) electrons. The molecule has 1 rings (SSSR count). The summed E-state index contributed by atoms with van der Waals surface area (Å²) in [5.41, 5.74) is 0.120. The van der Waals surface area contributed by atoms with E-state index >= 15 is 0 Å². The zero-order valence-corrected chi connectivity index (χ0v) is 13.0. The number of ether oxygens (including phenoxy) is 1. The summed E-state index contributed by atoms with van der Waals surface area (Å²) in [5, 5.41) is 11.4. The molecule has 0 saturated heterocycles. The largest absolute Gasteiger partial charge is 0.480 e. The molecule has 0 spiro atoms. The van der Waals surface area contributed by atoms with E-state index in [1.807, 2.05) is 0 Å². The van der Waals surface area contributed by atoms with E-state index in [-0.39, 0.29) is 24.3 Å². The summed E-state index contributed by atoms with van der Waals surface area (Å²) in [6.07, 6.45) is 1.06. The van der Waals surface area contributed by atoms with Crippen molar-refractivity contribution in [2.24, 2.45) is 0 Å². The molecule has 8 nitrogen and oxygen atoms in total. The van der Waals surface area contributed by atoms with Gasteiger partial charge in [-0.05, 0) is 12.1 Å². The van der Waals surface area contributed by atoms with Crippen LogP contribution in [0.2, 0.25) is 0 Å². The summed E-state index contributed by atoms with van der Waals surface area (Å²) >= 11 is 0. The number of hydrogen-bond acceptors (Lipinski definition) is 5. The van der Waals surface area contributed by atoms with Gasteiger partial charge in [0.05, 0.1) is 17.5 Å². The highest BCUT2D eigenvalue weighted by Crippen LogP contribution is 2.16. The van der Waals surface area contributed by atoms with E-state index in [4.69, 9.17) is 9.84 Å². The second-order valence-corrected chi connectivity index (χ2v) is 6.31. The molecular weight excluding hydrogens is 312 g/mol. The molecule has 0 saturated carbocycles. The zero-order valence-electron chi connectivity index (χ0n) is 12.2. The molecule has 0 aliphatic rings. The molecule has 1 unspecified atom stereocenters. The van der Waals surface area contributed by atoms with Gasteiger partial charge in [0.1, 0.15) is 6.04 Å². The Morgan fingerprint density at radius 3 is 2.50 bits per heavy atom. The topological polar surface area (TPSA) is 122 Å². The second kappa shape index (κ2) is 7.76. The van der Waals surface area contributed by atoms with Crippen LogP contribution in [-0.2, 0) is 19.6 Å². The van der Waals surface area contributed by atoms with Crippen molar-refractivity contribution in [1.29, 1.82) is 0 Å². The van der Waals surface area contributed by atoms with Crippen LogP contribution in [-0.4, -0.2) is 51.4 Å². The smallest absolute Gasteiger partial charge is 0.326 e. The molecule has 122 valence electrons. The second-order valence-electron chi connectivity index (χ2n) is 4.57. The number of benzene rings is 1. The summed E-state index contributed by atoms with van der Waals surface area (Å²) in [4.78, 5) is 23.3. The minimum atomic E-state index is -3.56. The van der Waals surface area contributed by atoms with Crippen LogP contribution in [0.15, 0.2) is 24.3 Å². The average molecular weight is 330 g/mol. The first-order valence-corrected chi connectivity index (χ1v) is 8.23. The van der Waals surface area contributed by atoms with Gasteiger partial charge < -0.3 is 15.2 Å². The van der Waals surface area contributed by atoms with Gasteiger partial charge in [0, 0.05) is 20.1 Å². The average Bonchev–Trinajstić information content (AvgIpc) is 2.41. The molecule has 1 aromatic rings. The van der Waals surface area contributed by atoms with Crippen LogP contribution in [0.3, 0.4) is 0 Å². The van der Waals surface area contributed by atoms with Crippen LogP contribution < -0.4 is 10.0 Å². The van der Waals surface area contributed by atoms with E-state index in [1.54, 1.807) is 12.1 Å². The Labute approximate surface area is 128 Å². The van der Waals surface area contributed by atoms with Crippen molar-refractivity contribution in [3.05, 3.63) is 29.8 Å². The predicted molar refractivity (Wildman–Crippen MR) is 80.3 cm³/mol. The number of nitrogens with one attached hydrogen (secondary N) is 2. The lowest BCUT2D eigenvalue weighted by Crippen LogP contribution is -2.41. The van der Waals surface area contributed by atoms with E-state index in [2.05, 4.69) is 10.0 Å². The van der Waals surface area contributed by atoms with Crippen LogP contribution >= 0.6 is 0 Å². The number of rotatable bonds is 8. The van der Waals surface area contributed by atoms with Gasteiger partial charge >= 0.3 is 5.97 Å². The minimum Gasteiger partial charge on any atom is -0.480 e. The summed E-state index contributed by atoms with van der Waals surface area (Å²) in [6, 6.07) is 4.80. The van der Waals surface area contributed by atoms with Crippen LogP contribution in [0.1, 0.15) is 16.8 Å². The van der Waals surface area contributed by atoms with E-state index in [0.29, 0.717) is 0 Å². The van der Waals surface area contributed by atoms with Gasteiger partial charge in [0.15, 0.2) is 0 Å². The number of para-hydroxylation sites is 1. The van der Waals surface area contributed by atoms with Crippen LogP contribution in [0.4, 0.5) is 5.69 Å². The molecule has 0 bridgehead atoms. The highest BCUT2D eigenvalue weighted by Gasteiger charge is 2.22. The quantitative estimate of drug-likeness (QED) is 0.629. The molecule has 0 aromatic heterocycles. The molecule has 1 atom stereocenters. The van der Waals surface area contributed by atoms with E-state index in [1.165, 1.54) is 19.2 Å². The number of sulfonamides is 1. The maximum Gasteiger partial charge on any atom is 0.326 e. The summed E-state index contributed by atoms with van der Waals surface area (Å²) < 4.78 is 29.6. The highest BCUT2D eigenvalue weighted by atomic mass is 32.2. The summed E-state index contributed by atoms with van der Waals surface area (Å²) in [7, 11) is -2.14. The molecule has 3 N–H and O–H groups in total. The van der Waals surface area contributed by atoms with Crippen LogP contribution in [0.25, 0.3) is 0 Å². The Hall–Kier alpha value is -2.13. The molecule has 0 aliphatic carbocycles. The molecule has 1 amide bonds. The number of carboxylic acid groups (broad SMARTS) is 1. The summed E-state index contributed by atoms with van der Waals surface area (Å²) in [6.45, 7) is 0.167. The zero-order chi connectivity index (χ0) is 16.8. The first-order chi connectivity index (χ1) is 10.2. The molecule has 0 heterocycles. The van der Waals surface area contributed by atoms with Crippen LogP contribution in [0.5, 0.6) is 0 Å². The summed E-state index contributed by atoms with van der Waals surface area (Å²) in [5.74, 6) is -1.88. The number of carbonyl (C=O) groups is 2. The maximum atomic E-state index is 12.2. The van der Waals surface area contributed by atoms with Gasteiger partial charge in [-0.3, -0.25) is 9.52 Å². The van der Waals surface area contributed by atoms with Gasteiger partial charge in [-0.2, -0.15) is 0 Å². The highest BCUT2D eigenvalue weighted by molar-refractivity contribution is 7.92. The Morgan fingerprint density at radius 1 is 1.32 bits per heavy atom. The lowest BCUT2D eigenvalue weighted by atomic mass is 10.1. The molecule has 0 aliphatic heterocycles. The van der Waals surface area contributed by atoms with Crippen molar-refractivity contribution in [2.45, 2.75) is 12.5 Å². The maximum absolute atomic E-state index is 12.2. The van der Waals surface area contributed by atoms with Gasteiger partial charge in [0.2, 0.25) is 10.0 Å². The standard InChI is InChI=1S/C13H18N2O6S/c1-21-8-7-11(13(17)18)14-12(16)9-5-3-4-6-10(9)15-22(2,19)20/h3-6,11,15H,7-8H2,1-2H3,(H,14,16)(H,17,18). The van der Waals surface area contributed by atoms with Gasteiger partial charge in [0.25, 0.3) is 5.91 Å². The SMILES string of the molecule is COCCC(NC(=O)c1ccccc1NS(C)(=O)=O)C(=O)O. The fraction of sp³-hybridized carbons (Fsp3) is 0.385. The Bertz CT molecular complexity index is 644. The van der Waals surface area contributed by atoms with Crippen molar-refractivity contribution in [2.75, 3.05) is 24.7 Å². The van der Waals surface area contributed by atoms with Gasteiger partial charge in [-0.15, -0.1) is 0 Å². The number of amides is 1. The Balaban J connectivity index is 2.95. The molecule has 0 fully saturated rings. The number of hydrogen-bond donors (Lipinski definition) is 3. The van der Waals surface area contributed by atoms with E-state index in [0.717, 1.165) is 6.26 Å². The van der Waals surface area contributed by atoms with E-state index in [9.17, 15) is 18.0 Å². The lowest BCUT2D eigenvalue weighted by Gasteiger charge is -2.16. The van der Waals surface area contributed by atoms with E-state index < -0.39 is 27.9 Å². The molecule has 9 heteroatoms. The monoisotopic (exact) mass is 330 g/mol. The lowest BCUT2D eigenvalue weighted by molar-refractivity contribution is -0.139. The molecular formula is C13H18N2O6S. The third-order valence-electron chi connectivity index (χ3n) is 2.68. The third-order valence-corrected chi connectivity index (χ3v) is 3.27. The Morgan fingerprint density at radius 2 is 1.95 bits per heavy atom. The number of anilines is 1. The van der Waals surface area contributed by atoms with Crippen molar-refractivity contribution >= 4 is 27.6 Å². The number of aliphatic carboxylic acids is 1. The molecule has 22 heavy (non-hydrogen) atoms. The minimum absolute atomic E-state index is 0.0385.